The summed E-state index contributed by atoms with van der Waals surface area (Å²) in [6.45, 7) is 2.09. The summed E-state index contributed by atoms with van der Waals surface area (Å²) in [6.07, 6.45) is 11.9. The molecule has 2 fully saturated rings. The number of carbonyl (C=O) groups is 2. The van der Waals surface area contributed by atoms with Crippen LogP contribution in [0, 0.1) is 0 Å². The van der Waals surface area contributed by atoms with Gasteiger partial charge in [0.25, 0.3) is 11.8 Å². The number of amides is 2. The number of nitrogens with zero attached hydrogens (tertiary/aromatic N) is 1. The summed E-state index contributed by atoms with van der Waals surface area (Å²) < 4.78 is 0. The Kier molecular flexibility index (Phi) is 7.73. The topological polar surface area (TPSA) is 46.6 Å². The monoisotopic (exact) mass is 327 g/mol. The van der Waals surface area contributed by atoms with E-state index in [9.17, 15) is 9.59 Å². The molecule has 4 nitrogen and oxygen atoms in total. The summed E-state index contributed by atoms with van der Waals surface area (Å²) in [5.74, 6) is 0.622. The third-order valence-corrected chi connectivity index (χ3v) is 5.81. The Bertz CT molecular complexity index is 365. The number of hydroxylamine groups is 2. The molecule has 1 saturated carbocycles. The highest BCUT2D eigenvalue weighted by molar-refractivity contribution is 8.00. The molecule has 1 aliphatic carbocycles. The second-order valence-electron chi connectivity index (χ2n) is 6.37. The van der Waals surface area contributed by atoms with Crippen molar-refractivity contribution in [2.24, 2.45) is 0 Å². The van der Waals surface area contributed by atoms with E-state index in [2.05, 4.69) is 6.92 Å². The van der Waals surface area contributed by atoms with Crippen LogP contribution >= 0.6 is 11.8 Å². The van der Waals surface area contributed by atoms with Crippen molar-refractivity contribution in [1.29, 1.82) is 0 Å². The summed E-state index contributed by atoms with van der Waals surface area (Å²) in [6, 6.07) is 0. The predicted octanol–water partition coefficient (Wildman–Crippen LogP) is 4.08. The summed E-state index contributed by atoms with van der Waals surface area (Å²) in [7, 11) is 0. The minimum atomic E-state index is -0.230. The summed E-state index contributed by atoms with van der Waals surface area (Å²) in [4.78, 5) is 30.2. The zero-order chi connectivity index (χ0) is 15.8. The maximum atomic E-state index is 12.3. The predicted molar refractivity (Wildman–Crippen MR) is 89.4 cm³/mol. The zero-order valence-corrected chi connectivity index (χ0v) is 14.5. The van der Waals surface area contributed by atoms with Crippen LogP contribution in [-0.4, -0.2) is 34.0 Å². The maximum absolute atomic E-state index is 12.3. The highest BCUT2D eigenvalue weighted by Gasteiger charge is 2.41. The van der Waals surface area contributed by atoms with Crippen molar-refractivity contribution in [3.05, 3.63) is 0 Å². The van der Waals surface area contributed by atoms with Crippen molar-refractivity contribution < 1.29 is 14.4 Å². The molecule has 22 heavy (non-hydrogen) atoms. The first-order valence-electron chi connectivity index (χ1n) is 8.87. The van der Waals surface area contributed by atoms with E-state index < -0.39 is 0 Å². The van der Waals surface area contributed by atoms with Gasteiger partial charge in [-0.1, -0.05) is 51.9 Å². The molecule has 1 unspecified atom stereocenters. The molecule has 5 heteroatoms. The lowest BCUT2D eigenvalue weighted by Crippen LogP contribution is -2.35. The van der Waals surface area contributed by atoms with Crippen LogP contribution in [0.3, 0.4) is 0 Å². The average Bonchev–Trinajstić information content (AvgIpc) is 2.79. The van der Waals surface area contributed by atoms with E-state index in [-0.39, 0.29) is 23.2 Å². The quantitative estimate of drug-likeness (QED) is 0.714. The van der Waals surface area contributed by atoms with Gasteiger partial charge in [0.15, 0.2) is 0 Å². The average molecular weight is 327 g/mol. The highest BCUT2D eigenvalue weighted by atomic mass is 32.2. The van der Waals surface area contributed by atoms with E-state index in [0.29, 0.717) is 6.42 Å². The number of rotatable bonds is 5. The molecule has 2 rings (SSSR count). The molecule has 0 spiro atoms. The molecule has 0 N–H and O–H groups in total. The van der Waals surface area contributed by atoms with Gasteiger partial charge in [-0.15, -0.1) is 11.8 Å². The lowest BCUT2D eigenvalue weighted by atomic mass is 9.99. The highest BCUT2D eigenvalue weighted by Crippen LogP contribution is 2.28. The smallest absolute Gasteiger partial charge is 0.267 e. The largest absolute Gasteiger partial charge is 0.272 e. The SMILES string of the molecule is CCCSC1CC(=O)N(OC2CCCCCCCCC2)C1=O. The lowest BCUT2D eigenvalue weighted by Gasteiger charge is -2.23. The molecule has 2 amide bonds. The third-order valence-electron chi connectivity index (χ3n) is 4.39. The van der Waals surface area contributed by atoms with Crippen LogP contribution in [0.2, 0.25) is 0 Å². The molecular formula is C17H29NO3S. The fraction of sp³-hybridized carbons (Fsp3) is 0.882. The van der Waals surface area contributed by atoms with Gasteiger partial charge in [-0.3, -0.25) is 14.4 Å². The molecule has 0 bridgehead atoms. The van der Waals surface area contributed by atoms with Crippen molar-refractivity contribution in [3.8, 4) is 0 Å². The summed E-state index contributed by atoms with van der Waals surface area (Å²) >= 11 is 1.58. The van der Waals surface area contributed by atoms with Crippen molar-refractivity contribution in [1.82, 2.24) is 5.06 Å². The molecular weight excluding hydrogens is 298 g/mol. The minimum Gasteiger partial charge on any atom is -0.272 e. The molecule has 1 aliphatic heterocycles. The van der Waals surface area contributed by atoms with E-state index in [1.54, 1.807) is 11.8 Å². The van der Waals surface area contributed by atoms with Crippen LogP contribution in [0.1, 0.15) is 77.6 Å². The maximum Gasteiger partial charge on any atom is 0.267 e. The van der Waals surface area contributed by atoms with Crippen LogP contribution < -0.4 is 0 Å². The van der Waals surface area contributed by atoms with E-state index in [4.69, 9.17) is 4.84 Å². The number of imide groups is 1. The fourth-order valence-corrected chi connectivity index (χ4v) is 4.13. The molecule has 126 valence electrons. The molecule has 0 radical (unpaired) electrons. The Morgan fingerprint density at radius 2 is 1.64 bits per heavy atom. The second-order valence-corrected chi connectivity index (χ2v) is 7.68. The van der Waals surface area contributed by atoms with Gasteiger partial charge in [-0.05, 0) is 25.0 Å². The molecule has 1 heterocycles. The van der Waals surface area contributed by atoms with E-state index in [0.717, 1.165) is 42.9 Å². The van der Waals surface area contributed by atoms with Gasteiger partial charge in [0.1, 0.15) is 0 Å². The van der Waals surface area contributed by atoms with Crippen molar-refractivity contribution in [2.75, 3.05) is 5.75 Å². The van der Waals surface area contributed by atoms with Gasteiger partial charge in [0.2, 0.25) is 0 Å². The van der Waals surface area contributed by atoms with Gasteiger partial charge in [0, 0.05) is 0 Å². The van der Waals surface area contributed by atoms with Gasteiger partial charge >= 0.3 is 0 Å². The summed E-state index contributed by atoms with van der Waals surface area (Å²) in [5, 5.41) is 0.857. The molecule has 0 aromatic heterocycles. The van der Waals surface area contributed by atoms with Crippen molar-refractivity contribution >= 4 is 23.6 Å². The Labute approximate surface area is 138 Å². The molecule has 1 saturated heterocycles. The van der Waals surface area contributed by atoms with Crippen molar-refractivity contribution in [3.63, 3.8) is 0 Å². The van der Waals surface area contributed by atoms with Crippen molar-refractivity contribution in [2.45, 2.75) is 88.9 Å². The van der Waals surface area contributed by atoms with Crippen LogP contribution in [0.4, 0.5) is 0 Å². The molecule has 0 aromatic rings. The fourth-order valence-electron chi connectivity index (χ4n) is 3.11. The lowest BCUT2D eigenvalue weighted by molar-refractivity contribution is -0.204. The first-order chi connectivity index (χ1) is 10.7. The molecule has 1 atom stereocenters. The van der Waals surface area contributed by atoms with E-state index in [1.807, 2.05) is 0 Å². The third kappa shape index (κ3) is 5.27. The zero-order valence-electron chi connectivity index (χ0n) is 13.7. The standard InChI is InChI=1S/C17H29NO3S/c1-2-12-22-15-13-16(19)18(17(15)20)21-14-10-8-6-4-3-5-7-9-11-14/h14-15H,2-13H2,1H3. The Morgan fingerprint density at radius 1 is 1.05 bits per heavy atom. The van der Waals surface area contributed by atoms with Crippen LogP contribution in [0.15, 0.2) is 0 Å². The first kappa shape index (κ1) is 17.8. The normalized spacial score (nSPS) is 25.7. The minimum absolute atomic E-state index is 0.0286. The molecule has 0 aromatic carbocycles. The number of carbonyl (C=O) groups excluding carboxylic acids is 2. The van der Waals surface area contributed by atoms with Gasteiger partial charge in [-0.2, -0.15) is 5.06 Å². The Balaban J connectivity index is 1.86. The van der Waals surface area contributed by atoms with Crippen LogP contribution in [0.5, 0.6) is 0 Å². The van der Waals surface area contributed by atoms with Gasteiger partial charge in [-0.25, -0.2) is 0 Å². The summed E-state index contributed by atoms with van der Waals surface area (Å²) in [5.41, 5.74) is 0. The number of thioether (sulfide) groups is 1. The van der Waals surface area contributed by atoms with Gasteiger partial charge in [0.05, 0.1) is 17.8 Å². The van der Waals surface area contributed by atoms with Crippen LogP contribution in [0.25, 0.3) is 0 Å². The number of hydrogen-bond donors (Lipinski definition) is 0. The van der Waals surface area contributed by atoms with E-state index in [1.165, 1.54) is 32.1 Å². The second kappa shape index (κ2) is 9.56. The Morgan fingerprint density at radius 3 is 2.23 bits per heavy atom. The molecule has 2 aliphatic rings. The number of hydrogen-bond acceptors (Lipinski definition) is 4. The van der Waals surface area contributed by atoms with E-state index >= 15 is 0 Å². The van der Waals surface area contributed by atoms with Crippen LogP contribution in [-0.2, 0) is 14.4 Å². The Hall–Kier alpha value is -0.550. The van der Waals surface area contributed by atoms with Gasteiger partial charge < -0.3 is 0 Å². The first-order valence-corrected chi connectivity index (χ1v) is 9.92.